The highest BCUT2D eigenvalue weighted by Crippen LogP contribution is 2.42. The Morgan fingerprint density at radius 1 is 1.34 bits per heavy atom. The zero-order valence-corrected chi connectivity index (χ0v) is 20.0. The second kappa shape index (κ2) is 11.7. The average molecular weight is 511 g/mol. The number of aromatic nitrogens is 3. The lowest BCUT2D eigenvalue weighted by Gasteiger charge is -2.12. The number of rotatable bonds is 9. The summed E-state index contributed by atoms with van der Waals surface area (Å²) >= 11 is 5.96. The standard InChI is InChI=1S/C24H23ClF4N4O2/c1-6-8-10-11-14(3)33-22(24(27,28)29)16(13-31-33)21-19(23(34)30-5)20(32-35-21)18(15(4)25)17(26)12-9-7-2/h7-13H,2,4,6H2,1,3,5H3,(H,30,34)/b10-8-,12-9-,14-11+,18-17-. The number of amides is 1. The molecule has 186 valence electrons. The molecule has 2 heterocycles. The topological polar surface area (TPSA) is 73.0 Å². The molecule has 6 nitrogen and oxygen atoms in total. The second-order valence-corrected chi connectivity index (χ2v) is 7.45. The predicted octanol–water partition coefficient (Wildman–Crippen LogP) is 6.92. The molecule has 0 unspecified atom stereocenters. The summed E-state index contributed by atoms with van der Waals surface area (Å²) in [5.74, 6) is -2.40. The smallest absolute Gasteiger partial charge is 0.355 e. The van der Waals surface area contributed by atoms with Gasteiger partial charge in [0.05, 0.1) is 17.3 Å². The van der Waals surface area contributed by atoms with Crippen LogP contribution in [0.3, 0.4) is 0 Å². The molecular weight excluding hydrogens is 488 g/mol. The van der Waals surface area contributed by atoms with Crippen LogP contribution in [0.2, 0.25) is 0 Å². The van der Waals surface area contributed by atoms with E-state index in [4.69, 9.17) is 16.1 Å². The third kappa shape index (κ3) is 6.07. The second-order valence-electron chi connectivity index (χ2n) is 7.00. The lowest BCUT2D eigenvalue weighted by atomic mass is 10.0. The molecule has 2 rings (SSSR count). The fraction of sp³-hybridized carbons (Fsp3) is 0.208. The van der Waals surface area contributed by atoms with Gasteiger partial charge in [0.25, 0.3) is 5.91 Å². The zero-order valence-electron chi connectivity index (χ0n) is 19.2. The number of halogens is 5. The summed E-state index contributed by atoms with van der Waals surface area (Å²) in [6, 6.07) is 0. The highest BCUT2D eigenvalue weighted by molar-refractivity contribution is 6.37. The van der Waals surface area contributed by atoms with Crippen molar-refractivity contribution in [1.29, 1.82) is 0 Å². The highest BCUT2D eigenvalue weighted by Gasteiger charge is 2.42. The van der Waals surface area contributed by atoms with Gasteiger partial charge in [0.1, 0.15) is 17.1 Å². The van der Waals surface area contributed by atoms with Gasteiger partial charge in [-0.15, -0.1) is 0 Å². The zero-order chi connectivity index (χ0) is 26.3. The van der Waals surface area contributed by atoms with E-state index in [1.165, 1.54) is 32.2 Å². The van der Waals surface area contributed by atoms with Crippen molar-refractivity contribution in [3.8, 4) is 11.3 Å². The van der Waals surface area contributed by atoms with Crippen LogP contribution in [0.25, 0.3) is 22.6 Å². The Morgan fingerprint density at radius 3 is 2.57 bits per heavy atom. The molecule has 11 heteroatoms. The summed E-state index contributed by atoms with van der Waals surface area (Å²) in [7, 11) is 1.25. The minimum atomic E-state index is -4.89. The van der Waals surface area contributed by atoms with Gasteiger partial charge in [0.2, 0.25) is 0 Å². The molecule has 2 aromatic heterocycles. The van der Waals surface area contributed by atoms with E-state index < -0.39 is 51.8 Å². The molecule has 0 radical (unpaired) electrons. The SMILES string of the molecule is C=C/C=C\C(F)=C(/C(=C)Cl)c1noc(-c2cnn(/C(C)=C/C=C\CC)c2C(F)(F)F)c1C(=O)NC. The van der Waals surface area contributed by atoms with Crippen LogP contribution < -0.4 is 5.32 Å². The van der Waals surface area contributed by atoms with Crippen molar-refractivity contribution in [3.63, 3.8) is 0 Å². The van der Waals surface area contributed by atoms with Crippen molar-refractivity contribution in [2.45, 2.75) is 26.4 Å². The normalized spacial score (nSPS) is 13.4. The average Bonchev–Trinajstić information content (AvgIpc) is 3.41. The van der Waals surface area contributed by atoms with E-state index in [2.05, 4.69) is 28.7 Å². The molecule has 35 heavy (non-hydrogen) atoms. The Labute approximate surface area is 204 Å². The molecule has 0 aliphatic rings. The maximum atomic E-state index is 14.9. The van der Waals surface area contributed by atoms with E-state index in [9.17, 15) is 22.4 Å². The van der Waals surface area contributed by atoms with E-state index in [-0.39, 0.29) is 10.7 Å². The summed E-state index contributed by atoms with van der Waals surface area (Å²) in [5, 5.41) is 9.48. The molecule has 0 fully saturated rings. The number of carbonyl (C=O) groups is 1. The van der Waals surface area contributed by atoms with Crippen molar-refractivity contribution in [3.05, 3.63) is 83.6 Å². The van der Waals surface area contributed by atoms with E-state index in [1.54, 1.807) is 12.2 Å². The number of hydrogen-bond donors (Lipinski definition) is 1. The third-order valence-electron chi connectivity index (χ3n) is 4.60. The van der Waals surface area contributed by atoms with Crippen LogP contribution in [0.4, 0.5) is 17.6 Å². The maximum absolute atomic E-state index is 14.9. The molecular formula is C24H23ClF4N4O2. The van der Waals surface area contributed by atoms with Crippen LogP contribution in [0, 0.1) is 0 Å². The number of carbonyl (C=O) groups excluding carboxylic acids is 1. The summed E-state index contributed by atoms with van der Waals surface area (Å²) in [4.78, 5) is 12.7. The van der Waals surface area contributed by atoms with Crippen molar-refractivity contribution in [1.82, 2.24) is 20.3 Å². The summed E-state index contributed by atoms with van der Waals surface area (Å²) < 4.78 is 63.2. The van der Waals surface area contributed by atoms with Crippen molar-refractivity contribution >= 4 is 28.8 Å². The van der Waals surface area contributed by atoms with Crippen LogP contribution in [0.15, 0.2) is 71.2 Å². The van der Waals surface area contributed by atoms with Gasteiger partial charge in [-0.1, -0.05) is 61.1 Å². The molecule has 0 bridgehead atoms. The number of nitrogens with zero attached hydrogens (tertiary/aromatic N) is 3. The van der Waals surface area contributed by atoms with Gasteiger partial charge in [-0.25, -0.2) is 9.07 Å². The first-order valence-electron chi connectivity index (χ1n) is 10.2. The molecule has 0 atom stereocenters. The quantitative estimate of drug-likeness (QED) is 0.293. The molecule has 1 N–H and O–H groups in total. The summed E-state index contributed by atoms with van der Waals surface area (Å²) in [6.07, 6.45) is 5.04. The third-order valence-corrected chi connectivity index (χ3v) is 4.79. The molecule has 0 saturated carbocycles. The predicted molar refractivity (Wildman–Crippen MR) is 128 cm³/mol. The largest absolute Gasteiger partial charge is 0.434 e. The van der Waals surface area contributed by atoms with E-state index in [1.807, 2.05) is 6.92 Å². The monoisotopic (exact) mass is 510 g/mol. The van der Waals surface area contributed by atoms with Crippen LogP contribution in [0.1, 0.15) is 42.0 Å². The van der Waals surface area contributed by atoms with Crippen LogP contribution in [-0.2, 0) is 6.18 Å². The first-order chi connectivity index (χ1) is 16.5. The Morgan fingerprint density at radius 2 is 2.03 bits per heavy atom. The molecule has 0 saturated heterocycles. The van der Waals surface area contributed by atoms with E-state index in [0.717, 1.165) is 12.3 Å². The van der Waals surface area contributed by atoms with Crippen molar-refractivity contribution in [2.75, 3.05) is 7.05 Å². The van der Waals surface area contributed by atoms with Crippen molar-refractivity contribution in [2.24, 2.45) is 0 Å². The molecule has 0 aliphatic carbocycles. The van der Waals surface area contributed by atoms with Crippen LogP contribution in [-0.4, -0.2) is 27.9 Å². The molecule has 1 amide bonds. The fourth-order valence-corrected chi connectivity index (χ4v) is 3.24. The molecule has 0 spiro atoms. The summed E-state index contributed by atoms with van der Waals surface area (Å²) in [5.41, 5.74) is -2.94. The first-order valence-corrected chi connectivity index (χ1v) is 10.6. The van der Waals surface area contributed by atoms with Gasteiger partial charge >= 0.3 is 6.18 Å². The summed E-state index contributed by atoms with van der Waals surface area (Å²) in [6.45, 7) is 10.2. The fourth-order valence-electron chi connectivity index (χ4n) is 3.06. The number of allylic oxidation sites excluding steroid dienone is 10. The number of hydrogen-bond acceptors (Lipinski definition) is 4. The molecule has 0 aromatic carbocycles. The van der Waals surface area contributed by atoms with Gasteiger partial charge in [-0.2, -0.15) is 18.3 Å². The molecule has 0 aliphatic heterocycles. The van der Waals surface area contributed by atoms with E-state index >= 15 is 0 Å². The lowest BCUT2D eigenvalue weighted by Crippen LogP contribution is -2.20. The van der Waals surface area contributed by atoms with Crippen LogP contribution >= 0.6 is 11.6 Å². The van der Waals surface area contributed by atoms with Crippen LogP contribution in [0.5, 0.6) is 0 Å². The number of nitrogens with one attached hydrogen (secondary N) is 1. The van der Waals surface area contributed by atoms with Gasteiger partial charge in [-0.05, 0) is 25.5 Å². The minimum Gasteiger partial charge on any atom is -0.355 e. The van der Waals surface area contributed by atoms with E-state index in [0.29, 0.717) is 11.1 Å². The van der Waals surface area contributed by atoms with Gasteiger partial charge in [-0.3, -0.25) is 4.79 Å². The maximum Gasteiger partial charge on any atom is 0.434 e. The first kappa shape index (κ1) is 27.6. The van der Waals surface area contributed by atoms with Gasteiger partial charge in [0.15, 0.2) is 11.5 Å². The lowest BCUT2D eigenvalue weighted by molar-refractivity contribution is -0.142. The Balaban J connectivity index is 2.90. The number of alkyl halides is 3. The van der Waals surface area contributed by atoms with Gasteiger partial charge in [0, 0.05) is 17.8 Å². The Bertz CT molecular complexity index is 1250. The Kier molecular flexibility index (Phi) is 9.18. The minimum absolute atomic E-state index is 0.157. The van der Waals surface area contributed by atoms with Crippen molar-refractivity contribution < 1.29 is 26.9 Å². The Hall–Kier alpha value is -3.66. The van der Waals surface area contributed by atoms with Gasteiger partial charge < -0.3 is 9.84 Å². The highest BCUT2D eigenvalue weighted by atomic mass is 35.5. The molecule has 2 aromatic rings.